The Morgan fingerprint density at radius 2 is 2.20 bits per heavy atom. The van der Waals surface area contributed by atoms with Crippen LogP contribution in [0.2, 0.25) is 5.02 Å². The molecule has 1 aromatic carbocycles. The van der Waals surface area contributed by atoms with Gasteiger partial charge in [0.05, 0.1) is 5.69 Å². The van der Waals surface area contributed by atoms with E-state index < -0.39 is 18.7 Å². The summed E-state index contributed by atoms with van der Waals surface area (Å²) in [6.45, 7) is -0.215. The molecule has 1 aliphatic heterocycles. The van der Waals surface area contributed by atoms with Crippen LogP contribution in [0.5, 0.6) is 5.75 Å². The van der Waals surface area contributed by atoms with Crippen molar-refractivity contribution in [3.8, 4) is 5.75 Å². The highest BCUT2D eigenvalue weighted by molar-refractivity contribution is 6.30. The van der Waals surface area contributed by atoms with Gasteiger partial charge in [-0.2, -0.15) is 18.3 Å². The molecule has 2 heterocycles. The minimum Gasteiger partial charge on any atom is -0.482 e. The molecule has 1 aromatic heterocycles. The first-order valence-corrected chi connectivity index (χ1v) is 7.78. The van der Waals surface area contributed by atoms with Crippen LogP contribution >= 0.6 is 11.6 Å². The van der Waals surface area contributed by atoms with E-state index in [4.69, 9.17) is 16.3 Å². The molecular weight excluding hydrogens is 361 g/mol. The van der Waals surface area contributed by atoms with Gasteiger partial charge in [0.15, 0.2) is 12.3 Å². The fourth-order valence-electron chi connectivity index (χ4n) is 2.47. The second kappa shape index (κ2) is 6.93. The van der Waals surface area contributed by atoms with Gasteiger partial charge in [0.2, 0.25) is 0 Å². The topological polar surface area (TPSA) is 79.0 Å². The molecule has 1 aliphatic rings. The van der Waals surface area contributed by atoms with Crippen molar-refractivity contribution in [2.24, 2.45) is 0 Å². The third-order valence-corrected chi connectivity index (χ3v) is 3.84. The van der Waals surface area contributed by atoms with Crippen LogP contribution in [0.4, 0.5) is 18.9 Å². The number of hydrogen-bond donors (Lipinski definition) is 3. The maximum Gasteiger partial charge on any atom is 0.422 e. The monoisotopic (exact) mass is 374 g/mol. The highest BCUT2D eigenvalue weighted by Gasteiger charge is 2.29. The molecule has 0 bridgehead atoms. The van der Waals surface area contributed by atoms with Crippen molar-refractivity contribution in [1.82, 2.24) is 15.5 Å². The Morgan fingerprint density at radius 1 is 1.40 bits per heavy atom. The molecule has 1 amide bonds. The van der Waals surface area contributed by atoms with E-state index in [9.17, 15) is 18.0 Å². The molecule has 2 aromatic rings. The van der Waals surface area contributed by atoms with Gasteiger partial charge in [-0.3, -0.25) is 9.89 Å². The number of fused-ring (bicyclic) bond motifs is 1. The van der Waals surface area contributed by atoms with Crippen LogP contribution in [0, 0.1) is 0 Å². The number of rotatable bonds is 4. The highest BCUT2D eigenvalue weighted by Crippen LogP contribution is 2.30. The Morgan fingerprint density at radius 3 is 2.96 bits per heavy atom. The summed E-state index contributed by atoms with van der Waals surface area (Å²) in [4.78, 5) is 12.5. The average molecular weight is 375 g/mol. The van der Waals surface area contributed by atoms with E-state index in [1.807, 2.05) is 0 Å². The zero-order valence-corrected chi connectivity index (χ0v) is 13.6. The number of halogens is 4. The van der Waals surface area contributed by atoms with E-state index in [2.05, 4.69) is 20.8 Å². The molecule has 3 rings (SSSR count). The predicted molar refractivity (Wildman–Crippen MR) is 85.0 cm³/mol. The summed E-state index contributed by atoms with van der Waals surface area (Å²) >= 11 is 5.80. The number of aromatic amines is 1. The molecule has 3 N–H and O–H groups in total. The summed E-state index contributed by atoms with van der Waals surface area (Å²) in [6.07, 6.45) is -3.78. The number of carbonyl (C=O) groups excluding carboxylic acids is 1. The first-order chi connectivity index (χ1) is 11.8. The number of nitrogens with zero attached hydrogens (tertiary/aromatic N) is 1. The molecule has 134 valence electrons. The van der Waals surface area contributed by atoms with Gasteiger partial charge in [-0.25, -0.2) is 0 Å². The third-order valence-electron chi connectivity index (χ3n) is 3.60. The van der Waals surface area contributed by atoms with E-state index in [1.54, 1.807) is 0 Å². The molecule has 10 heteroatoms. The van der Waals surface area contributed by atoms with Crippen LogP contribution in [-0.2, 0) is 13.0 Å². The molecule has 0 saturated heterocycles. The summed E-state index contributed by atoms with van der Waals surface area (Å²) in [7, 11) is 0. The van der Waals surface area contributed by atoms with Crippen molar-refractivity contribution in [3.05, 3.63) is 40.2 Å². The summed E-state index contributed by atoms with van der Waals surface area (Å²) in [5.74, 6) is -0.707. The van der Waals surface area contributed by atoms with Crippen molar-refractivity contribution in [2.75, 3.05) is 18.5 Å². The fraction of sp³-hybridized carbons (Fsp3) is 0.333. The Balaban J connectivity index is 1.80. The van der Waals surface area contributed by atoms with E-state index >= 15 is 0 Å². The van der Waals surface area contributed by atoms with Crippen LogP contribution < -0.4 is 15.4 Å². The molecule has 0 spiro atoms. The Bertz CT molecular complexity index is 792. The fourth-order valence-corrected chi connectivity index (χ4v) is 2.64. The summed E-state index contributed by atoms with van der Waals surface area (Å²) in [5.41, 5.74) is 1.89. The number of ether oxygens (including phenoxy) is 1. The van der Waals surface area contributed by atoms with E-state index in [0.29, 0.717) is 6.54 Å². The lowest BCUT2D eigenvalue weighted by atomic mass is 10.1. The first-order valence-electron chi connectivity index (χ1n) is 7.41. The number of hydrogen-bond acceptors (Lipinski definition) is 4. The van der Waals surface area contributed by atoms with Gasteiger partial charge in [-0.15, -0.1) is 0 Å². The summed E-state index contributed by atoms with van der Waals surface area (Å²) in [6, 6.07) is 4.03. The maximum atomic E-state index is 12.5. The van der Waals surface area contributed by atoms with E-state index in [1.165, 1.54) is 18.2 Å². The molecule has 6 nitrogen and oxygen atoms in total. The van der Waals surface area contributed by atoms with Crippen LogP contribution in [-0.4, -0.2) is 35.4 Å². The van der Waals surface area contributed by atoms with Gasteiger partial charge in [0, 0.05) is 41.9 Å². The molecular formula is C15H14ClF3N4O2. The van der Waals surface area contributed by atoms with Crippen LogP contribution in [0.1, 0.15) is 21.7 Å². The zero-order valence-electron chi connectivity index (χ0n) is 12.8. The minimum atomic E-state index is -4.50. The van der Waals surface area contributed by atoms with Crippen LogP contribution in [0.15, 0.2) is 18.2 Å². The van der Waals surface area contributed by atoms with Gasteiger partial charge in [0.25, 0.3) is 5.91 Å². The number of nitrogens with one attached hydrogen (secondary N) is 3. The van der Waals surface area contributed by atoms with Crippen molar-refractivity contribution in [2.45, 2.75) is 19.1 Å². The molecule has 25 heavy (non-hydrogen) atoms. The molecule has 0 fully saturated rings. The second-order valence-corrected chi connectivity index (χ2v) is 5.89. The number of anilines is 1. The molecule has 0 aliphatic carbocycles. The smallest absolute Gasteiger partial charge is 0.422 e. The van der Waals surface area contributed by atoms with Gasteiger partial charge in [-0.05, 0) is 12.1 Å². The summed E-state index contributed by atoms with van der Waals surface area (Å²) in [5, 5.41) is 12.7. The number of alkyl halides is 3. The SMILES string of the molecule is O=C(Nc1ccc(Cl)cc1OCC(F)(F)F)c1n[nH]c2c1CNCC2. The first kappa shape index (κ1) is 17.6. The summed E-state index contributed by atoms with van der Waals surface area (Å²) < 4.78 is 41.9. The largest absolute Gasteiger partial charge is 0.482 e. The van der Waals surface area contributed by atoms with Crippen LogP contribution in [0.3, 0.4) is 0 Å². The predicted octanol–water partition coefficient (Wildman–Crippen LogP) is 2.90. The second-order valence-electron chi connectivity index (χ2n) is 5.45. The minimum absolute atomic E-state index is 0.0826. The molecule has 0 unspecified atom stereocenters. The van der Waals surface area contributed by atoms with Crippen molar-refractivity contribution >= 4 is 23.2 Å². The van der Waals surface area contributed by atoms with Crippen molar-refractivity contribution in [3.63, 3.8) is 0 Å². The Hall–Kier alpha value is -2.26. The Labute approximate surface area is 145 Å². The van der Waals surface area contributed by atoms with Gasteiger partial charge in [0.1, 0.15) is 5.75 Å². The van der Waals surface area contributed by atoms with E-state index in [-0.39, 0.29) is 22.2 Å². The standard InChI is InChI=1S/C15H14ClF3N4O2/c16-8-1-2-11(12(5-8)25-7-15(17,18)19)21-14(24)13-9-6-20-4-3-10(9)22-23-13/h1-2,5,20H,3-4,6-7H2,(H,21,24)(H,22,23). The quantitative estimate of drug-likeness (QED) is 0.769. The van der Waals surface area contributed by atoms with Gasteiger partial charge in [-0.1, -0.05) is 11.6 Å². The van der Waals surface area contributed by atoms with Crippen molar-refractivity contribution < 1.29 is 22.7 Å². The normalized spacial score (nSPS) is 14.1. The number of aromatic nitrogens is 2. The molecule has 0 saturated carbocycles. The zero-order chi connectivity index (χ0) is 18.0. The van der Waals surface area contributed by atoms with Gasteiger partial charge >= 0.3 is 6.18 Å². The number of benzene rings is 1. The highest BCUT2D eigenvalue weighted by atomic mass is 35.5. The van der Waals surface area contributed by atoms with Crippen molar-refractivity contribution in [1.29, 1.82) is 0 Å². The van der Waals surface area contributed by atoms with Crippen LogP contribution in [0.25, 0.3) is 0 Å². The lowest BCUT2D eigenvalue weighted by Gasteiger charge is -2.15. The molecule has 0 radical (unpaired) electrons. The van der Waals surface area contributed by atoms with Gasteiger partial charge < -0.3 is 15.4 Å². The lowest BCUT2D eigenvalue weighted by molar-refractivity contribution is -0.153. The number of amides is 1. The Kier molecular flexibility index (Phi) is 4.87. The number of carbonyl (C=O) groups is 1. The van der Waals surface area contributed by atoms with E-state index in [0.717, 1.165) is 24.2 Å². The average Bonchev–Trinajstić information content (AvgIpc) is 2.98. The lowest BCUT2D eigenvalue weighted by Crippen LogP contribution is -2.25. The maximum absolute atomic E-state index is 12.5. The third kappa shape index (κ3) is 4.23. The number of H-pyrrole nitrogens is 1. The molecule has 0 atom stereocenters.